The Hall–Kier alpha value is -4.58. The molecule has 0 aliphatic heterocycles. The van der Waals surface area contributed by atoms with Crippen molar-refractivity contribution in [3.63, 3.8) is 0 Å². The van der Waals surface area contributed by atoms with Crippen LogP contribution in [0.25, 0.3) is 0 Å². The molecule has 252 valence electrons. The highest BCUT2D eigenvalue weighted by molar-refractivity contribution is 5.72. The van der Waals surface area contributed by atoms with Crippen LogP contribution in [0, 0.1) is 10.8 Å². The van der Waals surface area contributed by atoms with Crippen molar-refractivity contribution >= 4 is 12.2 Å². The van der Waals surface area contributed by atoms with Crippen molar-refractivity contribution in [2.45, 2.75) is 90.6 Å². The van der Waals surface area contributed by atoms with E-state index in [0.29, 0.717) is 17.9 Å². The molecule has 0 bridgehead atoms. The maximum atomic E-state index is 13.7. The van der Waals surface area contributed by atoms with Gasteiger partial charge >= 0.3 is 12.2 Å². The van der Waals surface area contributed by atoms with Crippen molar-refractivity contribution < 1.29 is 19.1 Å². The summed E-state index contributed by atoms with van der Waals surface area (Å²) >= 11 is 0. The van der Waals surface area contributed by atoms with Gasteiger partial charge in [0.15, 0.2) is 0 Å². The summed E-state index contributed by atoms with van der Waals surface area (Å²) < 4.78 is 11.8. The van der Waals surface area contributed by atoms with Crippen LogP contribution in [0.4, 0.5) is 9.59 Å². The van der Waals surface area contributed by atoms with Gasteiger partial charge in [0, 0.05) is 28.5 Å². The second kappa shape index (κ2) is 13.9. The van der Waals surface area contributed by atoms with Crippen molar-refractivity contribution in [2.24, 2.45) is 10.8 Å². The summed E-state index contributed by atoms with van der Waals surface area (Å²) in [6.45, 7) is 15.3. The lowest BCUT2D eigenvalue weighted by Crippen LogP contribution is -2.61. The second-order valence-corrected chi connectivity index (χ2v) is 15.5. The van der Waals surface area contributed by atoms with E-state index in [1.807, 2.05) is 78.9 Å². The highest BCUT2D eigenvalue weighted by atomic mass is 16.6. The van der Waals surface area contributed by atoms with Gasteiger partial charge in [-0.25, -0.2) is 9.59 Å². The van der Waals surface area contributed by atoms with E-state index in [4.69, 9.17) is 9.47 Å². The molecule has 1 saturated carbocycles. The van der Waals surface area contributed by atoms with Gasteiger partial charge in [0.1, 0.15) is 11.5 Å². The second-order valence-electron chi connectivity index (χ2n) is 15.5. The first-order valence-corrected chi connectivity index (χ1v) is 16.9. The maximum Gasteiger partial charge on any atom is 0.412 e. The van der Waals surface area contributed by atoms with Gasteiger partial charge in [-0.3, -0.25) is 0 Å². The lowest BCUT2D eigenvalue weighted by atomic mass is 9.55. The maximum absolute atomic E-state index is 13.7. The summed E-state index contributed by atoms with van der Waals surface area (Å²) in [5.41, 5.74) is 1.80. The molecule has 4 aromatic rings. The lowest BCUT2D eigenvalue weighted by Gasteiger charge is -2.54. The summed E-state index contributed by atoms with van der Waals surface area (Å²) in [4.78, 5) is 27.2. The van der Waals surface area contributed by atoms with Gasteiger partial charge in [0.05, 0.1) is 0 Å². The van der Waals surface area contributed by atoms with Crippen LogP contribution in [-0.2, 0) is 10.8 Å². The lowest BCUT2D eigenvalue weighted by molar-refractivity contribution is 0.0181. The first kappa shape index (κ1) is 34.7. The molecule has 1 aliphatic rings. The summed E-state index contributed by atoms with van der Waals surface area (Å²) in [6.07, 6.45) is 1.29. The van der Waals surface area contributed by atoms with Gasteiger partial charge in [0.2, 0.25) is 0 Å². The van der Waals surface area contributed by atoms with Crippen molar-refractivity contribution in [3.05, 3.63) is 132 Å². The molecule has 2 N–H and O–H groups in total. The van der Waals surface area contributed by atoms with E-state index in [-0.39, 0.29) is 22.9 Å². The number of carbonyl (C=O) groups excluding carboxylic acids is 2. The number of nitrogens with one attached hydrogen (secondary N) is 2. The topological polar surface area (TPSA) is 76.7 Å². The van der Waals surface area contributed by atoms with E-state index in [0.717, 1.165) is 29.5 Å². The molecule has 0 saturated heterocycles. The average Bonchev–Trinajstić information content (AvgIpc) is 3.04. The zero-order valence-corrected chi connectivity index (χ0v) is 29.4. The average molecular weight is 647 g/mol. The van der Waals surface area contributed by atoms with E-state index in [2.05, 4.69) is 83.4 Å². The molecule has 3 atom stereocenters. The molecular weight excluding hydrogens is 596 g/mol. The van der Waals surface area contributed by atoms with Crippen LogP contribution in [0.1, 0.15) is 84.4 Å². The minimum atomic E-state index is -0.499. The molecule has 0 aromatic heterocycles. The van der Waals surface area contributed by atoms with Gasteiger partial charge in [-0.15, -0.1) is 0 Å². The molecule has 3 unspecified atom stereocenters. The van der Waals surface area contributed by atoms with E-state index >= 15 is 0 Å². The van der Waals surface area contributed by atoms with Crippen LogP contribution in [-0.4, -0.2) is 24.3 Å². The van der Waals surface area contributed by atoms with Gasteiger partial charge < -0.3 is 20.1 Å². The van der Waals surface area contributed by atoms with Crippen molar-refractivity contribution in [2.75, 3.05) is 0 Å². The first-order valence-electron chi connectivity index (χ1n) is 16.9. The molecular formula is C42H50N2O4. The zero-order valence-electron chi connectivity index (χ0n) is 29.4. The van der Waals surface area contributed by atoms with Crippen LogP contribution in [0.3, 0.4) is 0 Å². The summed E-state index contributed by atoms with van der Waals surface area (Å²) in [7, 11) is 0. The van der Waals surface area contributed by atoms with E-state index in [1.165, 1.54) is 0 Å². The number of hydrogen-bond acceptors (Lipinski definition) is 4. The van der Waals surface area contributed by atoms with Gasteiger partial charge in [-0.2, -0.15) is 0 Å². The SMILES string of the molecule is CC1(C)CC(NC(=O)Oc2ccccc2C(C)(C)c2ccccc2)CC(C)(C(NC(=O)Oc2ccccc2)C(C)(C)c2ccccc2)C1. The number of hydrogen-bond donors (Lipinski definition) is 2. The third-order valence-corrected chi connectivity index (χ3v) is 10.1. The molecule has 48 heavy (non-hydrogen) atoms. The molecule has 6 heteroatoms. The molecule has 0 spiro atoms. The highest BCUT2D eigenvalue weighted by Gasteiger charge is 2.52. The summed E-state index contributed by atoms with van der Waals surface area (Å²) in [5.74, 6) is 1.02. The minimum Gasteiger partial charge on any atom is -0.410 e. The number of carbonyl (C=O) groups is 2. The number of amides is 2. The molecule has 4 aromatic carbocycles. The third-order valence-electron chi connectivity index (χ3n) is 10.1. The molecule has 0 heterocycles. The monoisotopic (exact) mass is 646 g/mol. The van der Waals surface area contributed by atoms with Crippen LogP contribution >= 0.6 is 0 Å². The Labute approximate surface area is 286 Å². The number of rotatable bonds is 9. The predicted molar refractivity (Wildman–Crippen MR) is 193 cm³/mol. The Balaban J connectivity index is 1.40. The fourth-order valence-corrected chi connectivity index (χ4v) is 8.24. The normalized spacial score (nSPS) is 19.9. The summed E-state index contributed by atoms with van der Waals surface area (Å²) in [5, 5.41) is 6.53. The van der Waals surface area contributed by atoms with Crippen LogP contribution in [0.15, 0.2) is 115 Å². The standard InChI is InChI=1S/C42H50N2O4/c1-39(2)27-32(43-37(45)48-35-26-18-17-25-34(35)40(3,4)30-19-11-8-12-20-30)28-42(7,29-39)36(41(5,6)31-21-13-9-14-22-31)44-38(46)47-33-23-15-10-16-24-33/h8-26,32,36H,27-29H2,1-7H3,(H,43,45)(H,44,46). The van der Waals surface area contributed by atoms with Crippen LogP contribution in [0.5, 0.6) is 11.5 Å². The smallest absolute Gasteiger partial charge is 0.410 e. The molecule has 0 radical (unpaired) electrons. The fraction of sp³-hybridized carbons (Fsp3) is 0.381. The molecule has 6 nitrogen and oxygen atoms in total. The van der Waals surface area contributed by atoms with E-state index in [9.17, 15) is 9.59 Å². The number of benzene rings is 4. The Morgan fingerprint density at radius 2 is 1.23 bits per heavy atom. The van der Waals surface area contributed by atoms with Gasteiger partial charge in [-0.1, -0.05) is 146 Å². The molecule has 5 rings (SSSR count). The Morgan fingerprint density at radius 1 is 0.688 bits per heavy atom. The number of ether oxygens (including phenoxy) is 2. The quantitative estimate of drug-likeness (QED) is 0.190. The highest BCUT2D eigenvalue weighted by Crippen LogP contribution is 2.52. The predicted octanol–water partition coefficient (Wildman–Crippen LogP) is 9.82. The van der Waals surface area contributed by atoms with E-state index in [1.54, 1.807) is 12.1 Å². The van der Waals surface area contributed by atoms with Gasteiger partial charge in [0.25, 0.3) is 0 Å². The van der Waals surface area contributed by atoms with Crippen LogP contribution in [0.2, 0.25) is 0 Å². The minimum absolute atomic E-state index is 0.131. The zero-order chi connectivity index (χ0) is 34.6. The largest absolute Gasteiger partial charge is 0.412 e. The molecule has 1 fully saturated rings. The van der Waals surface area contributed by atoms with Crippen molar-refractivity contribution in [3.8, 4) is 11.5 Å². The first-order chi connectivity index (χ1) is 22.7. The van der Waals surface area contributed by atoms with E-state index < -0.39 is 23.0 Å². The van der Waals surface area contributed by atoms with Crippen molar-refractivity contribution in [1.82, 2.24) is 10.6 Å². The third kappa shape index (κ3) is 7.92. The van der Waals surface area contributed by atoms with Crippen LogP contribution < -0.4 is 20.1 Å². The Morgan fingerprint density at radius 3 is 1.85 bits per heavy atom. The summed E-state index contributed by atoms with van der Waals surface area (Å²) in [6, 6.07) is 36.9. The fourth-order valence-electron chi connectivity index (χ4n) is 8.24. The molecule has 1 aliphatic carbocycles. The Kier molecular flexibility index (Phi) is 10.0. The van der Waals surface area contributed by atoms with Crippen molar-refractivity contribution in [1.29, 1.82) is 0 Å². The number of para-hydroxylation sites is 2. The Bertz CT molecular complexity index is 1680. The molecule has 2 amide bonds. The van der Waals surface area contributed by atoms with Gasteiger partial charge in [-0.05, 0) is 59.4 Å².